The maximum atomic E-state index is 11.6. The molecular weight excluding hydrogens is 390 g/mol. The molecule has 156 valence electrons. The van der Waals surface area contributed by atoms with Crippen molar-refractivity contribution in [2.24, 2.45) is 4.99 Å². The van der Waals surface area contributed by atoms with Gasteiger partial charge in [0.25, 0.3) is 0 Å². The fraction of sp³-hybridized carbons (Fsp3) is 0.667. The SMILES string of the molecule is CCNC(=NCCc1ccc(S(C)(=O)=O)cc1)N1CCSC2(CCCCC2)C1. The van der Waals surface area contributed by atoms with Crippen LogP contribution in [0.1, 0.15) is 44.6 Å². The highest BCUT2D eigenvalue weighted by atomic mass is 32.2. The van der Waals surface area contributed by atoms with E-state index in [1.54, 1.807) is 12.1 Å². The van der Waals surface area contributed by atoms with Crippen molar-refractivity contribution in [1.82, 2.24) is 10.2 Å². The van der Waals surface area contributed by atoms with Gasteiger partial charge in [-0.2, -0.15) is 11.8 Å². The third-order valence-corrected chi connectivity index (χ3v) is 8.33. The molecule has 1 saturated heterocycles. The first-order chi connectivity index (χ1) is 13.4. The van der Waals surface area contributed by atoms with Gasteiger partial charge in [-0.15, -0.1) is 0 Å². The van der Waals surface area contributed by atoms with Gasteiger partial charge < -0.3 is 10.2 Å². The van der Waals surface area contributed by atoms with Gasteiger partial charge in [-0.05, 0) is 43.9 Å². The summed E-state index contributed by atoms with van der Waals surface area (Å²) in [4.78, 5) is 7.71. The summed E-state index contributed by atoms with van der Waals surface area (Å²) in [6.45, 7) is 5.86. The molecule has 2 fully saturated rings. The van der Waals surface area contributed by atoms with Gasteiger partial charge in [0.2, 0.25) is 0 Å². The smallest absolute Gasteiger partial charge is 0.193 e. The maximum Gasteiger partial charge on any atom is 0.193 e. The lowest BCUT2D eigenvalue weighted by Crippen LogP contribution is -2.53. The van der Waals surface area contributed by atoms with Crippen LogP contribution in [0, 0.1) is 0 Å². The van der Waals surface area contributed by atoms with E-state index in [4.69, 9.17) is 4.99 Å². The summed E-state index contributed by atoms with van der Waals surface area (Å²) in [5.74, 6) is 2.21. The first kappa shape index (κ1) is 21.5. The number of sulfone groups is 1. The van der Waals surface area contributed by atoms with Crippen molar-refractivity contribution in [1.29, 1.82) is 0 Å². The highest BCUT2D eigenvalue weighted by Gasteiger charge is 2.38. The Morgan fingerprint density at radius 2 is 1.93 bits per heavy atom. The van der Waals surface area contributed by atoms with Crippen LogP contribution in [0.3, 0.4) is 0 Å². The number of hydrogen-bond acceptors (Lipinski definition) is 4. The number of rotatable bonds is 5. The average molecular weight is 424 g/mol. The molecule has 1 aromatic carbocycles. The second-order valence-corrected chi connectivity index (χ2v) is 11.5. The van der Waals surface area contributed by atoms with E-state index >= 15 is 0 Å². The molecule has 0 radical (unpaired) electrons. The van der Waals surface area contributed by atoms with Crippen LogP contribution in [0.25, 0.3) is 0 Å². The Balaban J connectivity index is 1.62. The van der Waals surface area contributed by atoms with E-state index in [1.165, 1.54) is 44.1 Å². The Labute approximate surface area is 174 Å². The molecule has 0 atom stereocenters. The monoisotopic (exact) mass is 423 g/mol. The van der Waals surface area contributed by atoms with Crippen molar-refractivity contribution in [3.63, 3.8) is 0 Å². The lowest BCUT2D eigenvalue weighted by molar-refractivity contribution is 0.293. The van der Waals surface area contributed by atoms with Crippen molar-refractivity contribution >= 4 is 27.6 Å². The third-order valence-electron chi connectivity index (χ3n) is 5.66. The number of aliphatic imine (C=N–C) groups is 1. The molecule has 1 saturated carbocycles. The molecule has 0 bridgehead atoms. The topological polar surface area (TPSA) is 61.8 Å². The first-order valence-electron chi connectivity index (χ1n) is 10.4. The molecule has 1 N–H and O–H groups in total. The summed E-state index contributed by atoms with van der Waals surface area (Å²) in [5, 5.41) is 3.48. The zero-order valence-corrected chi connectivity index (χ0v) is 18.7. The molecule has 28 heavy (non-hydrogen) atoms. The summed E-state index contributed by atoms with van der Waals surface area (Å²) in [5.41, 5.74) is 1.12. The Hall–Kier alpha value is -1.21. The number of benzene rings is 1. The lowest BCUT2D eigenvalue weighted by Gasteiger charge is -2.45. The fourth-order valence-electron chi connectivity index (χ4n) is 4.14. The normalized spacial score (nSPS) is 20.4. The van der Waals surface area contributed by atoms with Crippen LogP contribution in [0.5, 0.6) is 0 Å². The highest BCUT2D eigenvalue weighted by molar-refractivity contribution is 8.00. The van der Waals surface area contributed by atoms with Gasteiger partial charge in [0.15, 0.2) is 15.8 Å². The van der Waals surface area contributed by atoms with Crippen LogP contribution in [-0.2, 0) is 16.3 Å². The molecule has 1 aliphatic carbocycles. The zero-order valence-electron chi connectivity index (χ0n) is 17.1. The van der Waals surface area contributed by atoms with Crippen LogP contribution in [-0.4, -0.2) is 62.2 Å². The Bertz CT molecular complexity index is 764. The summed E-state index contributed by atoms with van der Waals surface area (Å²) in [6.07, 6.45) is 8.82. The average Bonchev–Trinajstić information content (AvgIpc) is 2.68. The van der Waals surface area contributed by atoms with Crippen LogP contribution >= 0.6 is 11.8 Å². The molecule has 1 aromatic rings. The predicted octanol–water partition coefficient (Wildman–Crippen LogP) is 3.35. The van der Waals surface area contributed by atoms with Crippen molar-refractivity contribution in [2.75, 3.05) is 38.2 Å². The van der Waals surface area contributed by atoms with E-state index in [9.17, 15) is 8.42 Å². The molecule has 0 amide bonds. The molecular formula is C21H33N3O2S2. The minimum Gasteiger partial charge on any atom is -0.357 e. The molecule has 2 aliphatic rings. The van der Waals surface area contributed by atoms with E-state index in [2.05, 4.69) is 28.9 Å². The largest absolute Gasteiger partial charge is 0.357 e. The van der Waals surface area contributed by atoms with Crippen LogP contribution in [0.15, 0.2) is 34.2 Å². The zero-order chi connectivity index (χ0) is 20.0. The molecule has 1 aliphatic heterocycles. The van der Waals surface area contributed by atoms with Crippen molar-refractivity contribution < 1.29 is 8.42 Å². The lowest BCUT2D eigenvalue weighted by atomic mass is 9.87. The molecule has 0 aromatic heterocycles. The maximum absolute atomic E-state index is 11.6. The molecule has 1 spiro atoms. The molecule has 7 heteroatoms. The summed E-state index contributed by atoms with van der Waals surface area (Å²) in [6, 6.07) is 7.17. The Morgan fingerprint density at radius 1 is 1.21 bits per heavy atom. The van der Waals surface area contributed by atoms with Crippen LogP contribution in [0.2, 0.25) is 0 Å². The van der Waals surface area contributed by atoms with E-state index in [-0.39, 0.29) is 0 Å². The van der Waals surface area contributed by atoms with Crippen LogP contribution < -0.4 is 5.32 Å². The van der Waals surface area contributed by atoms with E-state index < -0.39 is 9.84 Å². The number of hydrogen-bond donors (Lipinski definition) is 1. The fourth-order valence-corrected chi connectivity index (χ4v) is 6.34. The minimum atomic E-state index is -3.14. The summed E-state index contributed by atoms with van der Waals surface area (Å²) >= 11 is 2.18. The van der Waals surface area contributed by atoms with Crippen molar-refractivity contribution in [3.05, 3.63) is 29.8 Å². The van der Waals surface area contributed by atoms with Gasteiger partial charge in [-0.25, -0.2) is 8.42 Å². The molecule has 0 unspecified atom stereocenters. The molecule has 3 rings (SSSR count). The van der Waals surface area contributed by atoms with Gasteiger partial charge in [0.1, 0.15) is 0 Å². The first-order valence-corrected chi connectivity index (χ1v) is 13.3. The number of thioether (sulfide) groups is 1. The van der Waals surface area contributed by atoms with E-state index in [1.807, 2.05) is 12.1 Å². The quantitative estimate of drug-likeness (QED) is 0.581. The second kappa shape index (κ2) is 9.53. The summed E-state index contributed by atoms with van der Waals surface area (Å²) < 4.78 is 23.6. The highest BCUT2D eigenvalue weighted by Crippen LogP contribution is 2.42. The second-order valence-electron chi connectivity index (χ2n) is 7.92. The Morgan fingerprint density at radius 3 is 2.57 bits per heavy atom. The van der Waals surface area contributed by atoms with Gasteiger partial charge in [0.05, 0.1) is 4.90 Å². The standard InChI is InChI=1S/C21H33N3O2S2/c1-3-22-20(24-15-16-27-21(17-24)12-5-4-6-13-21)23-14-11-18-7-9-19(10-8-18)28(2,25)26/h7-10H,3-6,11-17H2,1-2H3,(H,22,23). The Kier molecular flexibility index (Phi) is 7.31. The van der Waals surface area contributed by atoms with Crippen molar-refractivity contribution in [2.45, 2.75) is 55.1 Å². The molecule has 5 nitrogen and oxygen atoms in total. The van der Waals surface area contributed by atoms with Gasteiger partial charge in [-0.1, -0.05) is 31.4 Å². The number of nitrogens with one attached hydrogen (secondary N) is 1. The van der Waals surface area contributed by atoms with Crippen LogP contribution in [0.4, 0.5) is 0 Å². The van der Waals surface area contributed by atoms with Crippen molar-refractivity contribution in [3.8, 4) is 0 Å². The number of guanidine groups is 1. The van der Waals surface area contributed by atoms with E-state index in [0.29, 0.717) is 16.2 Å². The van der Waals surface area contributed by atoms with Gasteiger partial charge in [-0.3, -0.25) is 4.99 Å². The van der Waals surface area contributed by atoms with Gasteiger partial charge in [0, 0.05) is 42.9 Å². The predicted molar refractivity (Wildman–Crippen MR) is 119 cm³/mol. The number of nitrogens with zero attached hydrogens (tertiary/aromatic N) is 2. The molecule has 1 heterocycles. The minimum absolute atomic E-state index is 0.372. The van der Waals surface area contributed by atoms with E-state index in [0.717, 1.165) is 37.6 Å². The summed E-state index contributed by atoms with van der Waals surface area (Å²) in [7, 11) is -3.14. The van der Waals surface area contributed by atoms with Gasteiger partial charge >= 0.3 is 0 Å². The third kappa shape index (κ3) is 5.66.